The number of hydrogen-bond donors (Lipinski definition) is 2. The fourth-order valence-corrected chi connectivity index (χ4v) is 4.08. The minimum absolute atomic E-state index is 0.0698. The number of rotatable bonds is 6. The Labute approximate surface area is 160 Å². The van der Waals surface area contributed by atoms with Gasteiger partial charge in [-0.05, 0) is 18.2 Å². The van der Waals surface area contributed by atoms with Crippen LogP contribution in [0.3, 0.4) is 0 Å². The van der Waals surface area contributed by atoms with E-state index in [1.165, 1.54) is 18.2 Å². The van der Waals surface area contributed by atoms with Crippen molar-refractivity contribution in [3.05, 3.63) is 29.8 Å². The second kappa shape index (κ2) is 8.62. The molecule has 0 radical (unpaired) electrons. The van der Waals surface area contributed by atoms with Crippen molar-refractivity contribution in [2.45, 2.75) is 30.0 Å². The fourth-order valence-electron chi connectivity index (χ4n) is 2.63. The molecule has 0 saturated carbocycles. The lowest BCUT2D eigenvalue weighted by Gasteiger charge is -2.26. The summed E-state index contributed by atoms with van der Waals surface area (Å²) in [6, 6.07) is 3.54. The Bertz CT molecular complexity index is 894. The van der Waals surface area contributed by atoms with Crippen molar-refractivity contribution in [1.29, 1.82) is 0 Å². The van der Waals surface area contributed by atoms with E-state index in [9.17, 15) is 31.2 Å². The van der Waals surface area contributed by atoms with Gasteiger partial charge in [0.1, 0.15) is 0 Å². The Morgan fingerprint density at radius 1 is 1.39 bits per heavy atom. The summed E-state index contributed by atoms with van der Waals surface area (Å²) in [4.78, 5) is 23.5. The topological polar surface area (TPSA) is 95.6 Å². The molecule has 2 rings (SSSR count). The Morgan fingerprint density at radius 2 is 2.11 bits per heavy atom. The van der Waals surface area contributed by atoms with Crippen molar-refractivity contribution in [2.75, 3.05) is 19.6 Å². The van der Waals surface area contributed by atoms with Crippen LogP contribution in [0.5, 0.6) is 0 Å². The Hall–Kier alpha value is -2.58. The second-order valence-corrected chi connectivity index (χ2v) is 8.05. The smallest absolute Gasteiger partial charge is 0.354 e. The van der Waals surface area contributed by atoms with E-state index < -0.39 is 40.5 Å². The first-order valence-corrected chi connectivity index (χ1v) is 9.65. The standard InChI is InChI=1S/C17H18F3N3O4S/c1-2-4-13(10-17(18,19)20)22-16(25)12-5-3-6-14(9-12)28(26,27)23-8-7-21-15(24)11-23/h1,3,5-6,9,13H,4,7-8,10-11H2,(H,21,24)(H,22,25)/t13-/m0/s1. The summed E-state index contributed by atoms with van der Waals surface area (Å²) in [6.07, 6.45) is -1.10. The van der Waals surface area contributed by atoms with Crippen molar-refractivity contribution in [3.8, 4) is 12.3 Å². The average molecular weight is 417 g/mol. The van der Waals surface area contributed by atoms with E-state index >= 15 is 0 Å². The maximum Gasteiger partial charge on any atom is 0.391 e. The van der Waals surface area contributed by atoms with Gasteiger partial charge in [-0.1, -0.05) is 6.07 Å². The van der Waals surface area contributed by atoms with Gasteiger partial charge in [0.25, 0.3) is 5.91 Å². The Kier molecular flexibility index (Phi) is 6.69. The van der Waals surface area contributed by atoms with Crippen LogP contribution in [0.25, 0.3) is 0 Å². The molecule has 0 bridgehead atoms. The van der Waals surface area contributed by atoms with Gasteiger partial charge in [0.05, 0.1) is 17.9 Å². The van der Waals surface area contributed by atoms with Crippen molar-refractivity contribution in [3.63, 3.8) is 0 Å². The maximum absolute atomic E-state index is 12.7. The number of benzene rings is 1. The molecule has 11 heteroatoms. The van der Waals surface area contributed by atoms with Crippen molar-refractivity contribution in [2.24, 2.45) is 0 Å². The molecule has 1 fully saturated rings. The number of nitrogens with one attached hydrogen (secondary N) is 2. The molecular formula is C17H18F3N3O4S. The highest BCUT2D eigenvalue weighted by atomic mass is 32.2. The number of piperazine rings is 1. The number of hydrogen-bond acceptors (Lipinski definition) is 4. The third-order valence-corrected chi connectivity index (χ3v) is 5.76. The summed E-state index contributed by atoms with van der Waals surface area (Å²) in [7, 11) is -4.04. The molecule has 1 aromatic rings. The SMILES string of the molecule is C#CC[C@@H](CC(F)(F)F)NC(=O)c1cccc(S(=O)(=O)N2CCNC(=O)C2)c1. The highest BCUT2D eigenvalue weighted by molar-refractivity contribution is 7.89. The molecule has 0 aromatic heterocycles. The molecule has 1 heterocycles. The first kappa shape index (κ1) is 21.7. The lowest BCUT2D eigenvalue weighted by molar-refractivity contribution is -0.139. The zero-order chi connectivity index (χ0) is 20.9. The number of amides is 2. The van der Waals surface area contributed by atoms with Gasteiger partial charge in [-0.25, -0.2) is 8.42 Å². The average Bonchev–Trinajstić information content (AvgIpc) is 2.60. The van der Waals surface area contributed by atoms with Gasteiger partial charge in [0, 0.05) is 31.1 Å². The van der Waals surface area contributed by atoms with Crippen LogP contribution in [0.2, 0.25) is 0 Å². The highest BCUT2D eigenvalue weighted by Crippen LogP contribution is 2.23. The van der Waals surface area contributed by atoms with E-state index in [2.05, 4.69) is 16.6 Å². The highest BCUT2D eigenvalue weighted by Gasteiger charge is 2.33. The number of sulfonamides is 1. The summed E-state index contributed by atoms with van der Waals surface area (Å²) in [5.41, 5.74) is -0.133. The summed E-state index contributed by atoms with van der Waals surface area (Å²) in [5.74, 6) is 0.747. The number of alkyl halides is 3. The van der Waals surface area contributed by atoms with Crippen LogP contribution in [0, 0.1) is 12.3 Å². The molecular weight excluding hydrogens is 399 g/mol. The summed E-state index contributed by atoms with van der Waals surface area (Å²) < 4.78 is 64.1. The molecule has 2 N–H and O–H groups in total. The number of halogens is 3. The van der Waals surface area contributed by atoms with Crippen LogP contribution in [0.1, 0.15) is 23.2 Å². The number of nitrogens with zero attached hydrogens (tertiary/aromatic N) is 1. The van der Waals surface area contributed by atoms with Gasteiger partial charge in [-0.15, -0.1) is 12.3 Å². The van der Waals surface area contributed by atoms with Crippen LogP contribution < -0.4 is 10.6 Å². The van der Waals surface area contributed by atoms with Gasteiger partial charge >= 0.3 is 6.18 Å². The molecule has 1 atom stereocenters. The van der Waals surface area contributed by atoms with Gasteiger partial charge in [0.15, 0.2) is 0 Å². The molecule has 152 valence electrons. The van der Waals surface area contributed by atoms with E-state index in [4.69, 9.17) is 6.42 Å². The lowest BCUT2D eigenvalue weighted by Crippen LogP contribution is -2.49. The second-order valence-electron chi connectivity index (χ2n) is 6.11. The number of carbonyl (C=O) groups excluding carboxylic acids is 2. The van der Waals surface area contributed by atoms with Crippen molar-refractivity contribution < 1.29 is 31.2 Å². The fraction of sp³-hybridized carbons (Fsp3) is 0.412. The molecule has 2 amide bonds. The molecule has 1 aliphatic rings. The molecule has 28 heavy (non-hydrogen) atoms. The molecule has 0 unspecified atom stereocenters. The molecule has 1 aliphatic heterocycles. The van der Waals surface area contributed by atoms with Gasteiger partial charge in [-0.3, -0.25) is 9.59 Å². The lowest BCUT2D eigenvalue weighted by atomic mass is 10.1. The molecule has 0 aliphatic carbocycles. The number of carbonyl (C=O) groups is 2. The quantitative estimate of drug-likeness (QED) is 0.672. The van der Waals surface area contributed by atoms with Gasteiger partial charge < -0.3 is 10.6 Å². The predicted molar refractivity (Wildman–Crippen MR) is 93.6 cm³/mol. The number of terminal acetylenes is 1. The van der Waals surface area contributed by atoms with E-state index in [0.717, 1.165) is 10.4 Å². The molecule has 1 saturated heterocycles. The van der Waals surface area contributed by atoms with Crippen LogP contribution in [0.15, 0.2) is 29.2 Å². The molecule has 7 nitrogen and oxygen atoms in total. The first-order chi connectivity index (χ1) is 13.0. The van der Waals surface area contributed by atoms with E-state index in [-0.39, 0.29) is 36.5 Å². The van der Waals surface area contributed by atoms with Crippen LogP contribution in [0.4, 0.5) is 13.2 Å². The Morgan fingerprint density at radius 3 is 2.71 bits per heavy atom. The zero-order valence-electron chi connectivity index (χ0n) is 14.6. The monoisotopic (exact) mass is 417 g/mol. The minimum atomic E-state index is -4.52. The first-order valence-electron chi connectivity index (χ1n) is 8.21. The van der Waals surface area contributed by atoms with E-state index in [1.54, 1.807) is 0 Å². The summed E-state index contributed by atoms with van der Waals surface area (Å²) in [6.45, 7) is -0.127. The Balaban J connectivity index is 2.20. The van der Waals surface area contributed by atoms with Gasteiger partial charge in [0.2, 0.25) is 15.9 Å². The zero-order valence-corrected chi connectivity index (χ0v) is 15.4. The molecule has 1 aromatic carbocycles. The van der Waals surface area contributed by atoms with E-state index in [1.807, 2.05) is 0 Å². The normalized spacial score (nSPS) is 16.7. The summed E-state index contributed by atoms with van der Waals surface area (Å²) >= 11 is 0. The largest absolute Gasteiger partial charge is 0.391 e. The van der Waals surface area contributed by atoms with E-state index in [0.29, 0.717) is 0 Å². The van der Waals surface area contributed by atoms with Crippen LogP contribution in [-0.4, -0.2) is 56.4 Å². The predicted octanol–water partition coefficient (Wildman–Crippen LogP) is 0.881. The maximum atomic E-state index is 12.7. The molecule has 0 spiro atoms. The van der Waals surface area contributed by atoms with Crippen LogP contribution in [-0.2, 0) is 14.8 Å². The third-order valence-electron chi connectivity index (χ3n) is 3.91. The van der Waals surface area contributed by atoms with Crippen molar-refractivity contribution in [1.82, 2.24) is 14.9 Å². The van der Waals surface area contributed by atoms with Crippen molar-refractivity contribution >= 4 is 21.8 Å². The van der Waals surface area contributed by atoms with Crippen LogP contribution >= 0.6 is 0 Å². The minimum Gasteiger partial charge on any atom is -0.354 e. The summed E-state index contributed by atoms with van der Waals surface area (Å²) in [5, 5.41) is 4.68. The van der Waals surface area contributed by atoms with Gasteiger partial charge in [-0.2, -0.15) is 17.5 Å². The third kappa shape index (κ3) is 5.71.